The van der Waals surface area contributed by atoms with Crippen LogP contribution in [0.3, 0.4) is 0 Å². The average molecular weight is 269 g/mol. The Balaban J connectivity index is 2.33. The molecule has 0 saturated heterocycles. The molecule has 0 spiro atoms. The number of fused-ring (bicyclic) bond motifs is 2. The molecular formula is C16H17N2O2+. The van der Waals surface area contributed by atoms with E-state index in [9.17, 15) is 9.59 Å². The van der Waals surface area contributed by atoms with E-state index >= 15 is 0 Å². The van der Waals surface area contributed by atoms with E-state index < -0.39 is 0 Å². The molecule has 2 aromatic rings. The van der Waals surface area contributed by atoms with Crippen LogP contribution >= 0.6 is 0 Å². The van der Waals surface area contributed by atoms with E-state index in [-0.39, 0.29) is 11.6 Å². The Morgan fingerprint density at radius 3 is 2.30 bits per heavy atom. The van der Waals surface area contributed by atoms with Gasteiger partial charge < -0.3 is 0 Å². The molecule has 4 nitrogen and oxygen atoms in total. The van der Waals surface area contributed by atoms with Gasteiger partial charge in [0.05, 0.1) is 13.6 Å². The van der Waals surface area contributed by atoms with Gasteiger partial charge in [-0.15, -0.1) is 0 Å². The molecule has 102 valence electrons. The Hall–Kier alpha value is -2.23. The van der Waals surface area contributed by atoms with Crippen LogP contribution in [0.4, 0.5) is 0 Å². The van der Waals surface area contributed by atoms with Crippen LogP contribution in [0, 0.1) is 6.92 Å². The number of carbonyl (C=O) groups is 2. The molecule has 0 saturated carbocycles. The zero-order valence-corrected chi connectivity index (χ0v) is 11.9. The largest absolute Gasteiger partial charge is 0.284 e. The molecule has 0 aliphatic heterocycles. The second-order valence-electron chi connectivity index (χ2n) is 5.16. The van der Waals surface area contributed by atoms with Crippen LogP contribution in [-0.4, -0.2) is 16.1 Å². The van der Waals surface area contributed by atoms with Gasteiger partial charge in [-0.2, -0.15) is 0 Å². The van der Waals surface area contributed by atoms with Crippen LogP contribution in [0.1, 0.15) is 51.3 Å². The molecule has 1 aliphatic rings. The summed E-state index contributed by atoms with van der Waals surface area (Å²) in [7, 11) is 1.85. The van der Waals surface area contributed by atoms with Crippen LogP contribution in [0.25, 0.3) is 0 Å². The molecule has 0 N–H and O–H groups in total. The molecule has 0 fully saturated rings. The molecule has 1 aliphatic carbocycles. The summed E-state index contributed by atoms with van der Waals surface area (Å²) in [6.07, 6.45) is 0.922. The van der Waals surface area contributed by atoms with Gasteiger partial charge in [-0.1, -0.05) is 31.2 Å². The maximum atomic E-state index is 12.7. The molecule has 1 aromatic carbocycles. The van der Waals surface area contributed by atoms with Crippen LogP contribution < -0.4 is 4.57 Å². The lowest BCUT2D eigenvalue weighted by atomic mass is 9.90. The van der Waals surface area contributed by atoms with E-state index in [2.05, 4.69) is 6.92 Å². The first kappa shape index (κ1) is 12.8. The predicted octanol–water partition coefficient (Wildman–Crippen LogP) is 1.81. The highest BCUT2D eigenvalue weighted by Gasteiger charge is 2.41. The van der Waals surface area contributed by atoms with Gasteiger partial charge >= 0.3 is 0 Å². The maximum Gasteiger partial charge on any atom is 0.254 e. The second-order valence-corrected chi connectivity index (χ2v) is 5.16. The fourth-order valence-electron chi connectivity index (χ4n) is 2.91. The van der Waals surface area contributed by atoms with Crippen LogP contribution in [-0.2, 0) is 13.6 Å². The van der Waals surface area contributed by atoms with Gasteiger partial charge in [-0.25, -0.2) is 9.13 Å². The number of hydrogen-bond acceptors (Lipinski definition) is 2. The minimum absolute atomic E-state index is 0.0487. The van der Waals surface area contributed by atoms with Gasteiger partial charge in [0, 0.05) is 18.1 Å². The third kappa shape index (κ3) is 1.51. The van der Waals surface area contributed by atoms with Gasteiger partial charge in [0.2, 0.25) is 23.0 Å². The van der Waals surface area contributed by atoms with Gasteiger partial charge in [0.25, 0.3) is 5.82 Å². The number of rotatable bonds is 2. The summed E-state index contributed by atoms with van der Waals surface area (Å²) in [6, 6.07) is 7.06. The van der Waals surface area contributed by atoms with Gasteiger partial charge in [-0.05, 0) is 6.42 Å². The van der Waals surface area contributed by atoms with E-state index in [1.165, 1.54) is 0 Å². The third-order valence-electron chi connectivity index (χ3n) is 4.00. The zero-order chi connectivity index (χ0) is 14.4. The fourth-order valence-corrected chi connectivity index (χ4v) is 2.91. The monoisotopic (exact) mass is 269 g/mol. The van der Waals surface area contributed by atoms with Crippen LogP contribution in [0.2, 0.25) is 0 Å². The molecule has 0 bridgehead atoms. The highest BCUT2D eigenvalue weighted by atomic mass is 16.1. The van der Waals surface area contributed by atoms with E-state index in [4.69, 9.17) is 0 Å². The molecule has 3 rings (SSSR count). The summed E-state index contributed by atoms with van der Waals surface area (Å²) in [4.78, 5) is 25.4. The molecule has 20 heavy (non-hydrogen) atoms. The molecule has 1 aromatic heterocycles. The Morgan fingerprint density at radius 2 is 1.70 bits per heavy atom. The fraction of sp³-hybridized carbons (Fsp3) is 0.312. The van der Waals surface area contributed by atoms with E-state index in [1.54, 1.807) is 24.3 Å². The van der Waals surface area contributed by atoms with E-state index in [0.29, 0.717) is 22.5 Å². The highest BCUT2D eigenvalue weighted by Crippen LogP contribution is 2.26. The first-order chi connectivity index (χ1) is 9.57. The van der Waals surface area contributed by atoms with Gasteiger partial charge in [-0.3, -0.25) is 9.59 Å². The molecular weight excluding hydrogens is 252 g/mol. The summed E-state index contributed by atoms with van der Waals surface area (Å²) < 4.78 is 3.80. The lowest BCUT2D eigenvalue weighted by molar-refractivity contribution is -0.679. The normalized spacial score (nSPS) is 13.3. The highest BCUT2D eigenvalue weighted by molar-refractivity contribution is 6.26. The molecule has 0 radical (unpaired) electrons. The van der Waals surface area contributed by atoms with E-state index in [0.717, 1.165) is 18.8 Å². The predicted molar refractivity (Wildman–Crippen MR) is 73.9 cm³/mol. The Bertz CT molecular complexity index is 741. The van der Waals surface area contributed by atoms with Crippen molar-refractivity contribution in [3.63, 3.8) is 0 Å². The van der Waals surface area contributed by atoms with Crippen molar-refractivity contribution < 1.29 is 14.2 Å². The summed E-state index contributed by atoms with van der Waals surface area (Å²) in [6.45, 7) is 4.75. The molecule has 0 atom stereocenters. The van der Waals surface area contributed by atoms with Crippen molar-refractivity contribution in [1.82, 2.24) is 4.57 Å². The first-order valence-corrected chi connectivity index (χ1v) is 6.85. The van der Waals surface area contributed by atoms with Crippen molar-refractivity contribution in [3.05, 3.63) is 52.6 Å². The van der Waals surface area contributed by atoms with Crippen molar-refractivity contribution in [1.29, 1.82) is 0 Å². The number of aromatic nitrogens is 2. The van der Waals surface area contributed by atoms with Crippen LogP contribution in [0.15, 0.2) is 24.3 Å². The summed E-state index contributed by atoms with van der Waals surface area (Å²) in [5.41, 5.74) is 2.07. The standard InChI is InChI=1S/C16H17N2O2/c1-4-9-18-10(2)17(3)13-14(18)16(20)12-8-6-5-7-11(12)15(13)19/h5-8H,4,9H2,1-3H3/q+1. The summed E-state index contributed by atoms with van der Waals surface area (Å²) in [5.74, 6) is 0.828. The minimum Gasteiger partial charge on any atom is -0.284 e. The van der Waals surface area contributed by atoms with Gasteiger partial charge in [0.15, 0.2) is 0 Å². The number of benzene rings is 1. The number of hydrogen-bond donors (Lipinski definition) is 0. The van der Waals surface area contributed by atoms with Crippen molar-refractivity contribution in [2.24, 2.45) is 7.05 Å². The number of ketones is 2. The molecule has 1 heterocycles. The van der Waals surface area contributed by atoms with Crippen molar-refractivity contribution in [2.45, 2.75) is 26.8 Å². The lowest BCUT2D eigenvalue weighted by Gasteiger charge is -2.12. The third-order valence-corrected chi connectivity index (χ3v) is 4.00. The van der Waals surface area contributed by atoms with Crippen molar-refractivity contribution in [3.8, 4) is 0 Å². The SMILES string of the molecule is CCCn1c2c([n+](C)c1C)C(=O)c1ccccc1C2=O. The van der Waals surface area contributed by atoms with Crippen LogP contribution in [0.5, 0.6) is 0 Å². The maximum absolute atomic E-state index is 12.7. The summed E-state index contributed by atoms with van der Waals surface area (Å²) >= 11 is 0. The Labute approximate surface area is 117 Å². The van der Waals surface area contributed by atoms with Crippen molar-refractivity contribution in [2.75, 3.05) is 0 Å². The molecule has 4 heteroatoms. The zero-order valence-electron chi connectivity index (χ0n) is 11.9. The molecule has 0 amide bonds. The number of carbonyl (C=O) groups excluding carboxylic acids is 2. The smallest absolute Gasteiger partial charge is 0.254 e. The summed E-state index contributed by atoms with van der Waals surface area (Å²) in [5, 5.41) is 0. The van der Waals surface area contributed by atoms with E-state index in [1.807, 2.05) is 23.1 Å². The second kappa shape index (κ2) is 4.40. The Morgan fingerprint density at radius 1 is 1.10 bits per heavy atom. The Kier molecular flexibility index (Phi) is 2.82. The number of nitrogens with zero attached hydrogens (tertiary/aromatic N) is 2. The molecule has 0 unspecified atom stereocenters. The number of imidazole rings is 1. The quantitative estimate of drug-likeness (QED) is 0.666. The topological polar surface area (TPSA) is 43.0 Å². The lowest BCUT2D eigenvalue weighted by Crippen LogP contribution is -2.39. The first-order valence-electron chi connectivity index (χ1n) is 6.85. The minimum atomic E-state index is -0.0596. The van der Waals surface area contributed by atoms with Crippen molar-refractivity contribution >= 4 is 11.6 Å². The average Bonchev–Trinajstić information content (AvgIpc) is 2.71. The van der Waals surface area contributed by atoms with Gasteiger partial charge in [0.1, 0.15) is 0 Å².